The fraction of sp³-hybridized carbons (Fsp3) is 0.316. The Hall–Kier alpha value is -1.89. The number of Topliss-reactive ketones (excluding diaryl/α,β-unsaturated/α-hetero) is 1. The van der Waals surface area contributed by atoms with E-state index in [0.717, 1.165) is 36.8 Å². The van der Waals surface area contributed by atoms with Crippen molar-refractivity contribution >= 4 is 5.78 Å². The first kappa shape index (κ1) is 13.1. The van der Waals surface area contributed by atoms with Gasteiger partial charge in [0.05, 0.1) is 5.41 Å². The van der Waals surface area contributed by atoms with Crippen molar-refractivity contribution in [1.82, 2.24) is 0 Å². The first-order chi connectivity index (χ1) is 9.74. The lowest BCUT2D eigenvalue weighted by molar-refractivity contribution is 0.0885. The summed E-state index contributed by atoms with van der Waals surface area (Å²) in [5.41, 5.74) is 2.86. The molecule has 1 aliphatic rings. The molecule has 2 aromatic carbocycles. The lowest BCUT2D eigenvalue weighted by Crippen LogP contribution is -2.33. The van der Waals surface area contributed by atoms with Gasteiger partial charge in [-0.2, -0.15) is 0 Å². The number of carbonyl (C=O) groups is 1. The first-order valence-electron chi connectivity index (χ1n) is 7.40. The van der Waals surface area contributed by atoms with Crippen LogP contribution in [0, 0.1) is 6.92 Å². The van der Waals surface area contributed by atoms with Crippen LogP contribution in [-0.2, 0) is 5.41 Å². The number of carbonyl (C=O) groups excluding carboxylic acids is 1. The van der Waals surface area contributed by atoms with E-state index >= 15 is 0 Å². The number of ketones is 1. The van der Waals surface area contributed by atoms with Crippen LogP contribution in [0.15, 0.2) is 54.6 Å². The molecule has 1 heteroatoms. The van der Waals surface area contributed by atoms with E-state index in [1.165, 1.54) is 5.56 Å². The van der Waals surface area contributed by atoms with Crippen LogP contribution in [-0.4, -0.2) is 5.78 Å². The molecule has 0 unspecified atom stereocenters. The summed E-state index contributed by atoms with van der Waals surface area (Å²) in [5.74, 6) is 0.305. The van der Waals surface area contributed by atoms with E-state index in [9.17, 15) is 4.79 Å². The zero-order valence-corrected chi connectivity index (χ0v) is 11.9. The molecule has 0 atom stereocenters. The van der Waals surface area contributed by atoms with Gasteiger partial charge in [0.1, 0.15) is 0 Å². The van der Waals surface area contributed by atoms with Crippen molar-refractivity contribution in [3.05, 3.63) is 71.3 Å². The molecule has 0 amide bonds. The van der Waals surface area contributed by atoms with E-state index in [1.807, 2.05) is 49.4 Å². The van der Waals surface area contributed by atoms with Crippen LogP contribution in [0.25, 0.3) is 0 Å². The summed E-state index contributed by atoms with van der Waals surface area (Å²) in [6.07, 6.45) is 4.24. The summed E-state index contributed by atoms with van der Waals surface area (Å²) < 4.78 is 0. The number of benzene rings is 2. The predicted molar refractivity (Wildman–Crippen MR) is 82.1 cm³/mol. The molecule has 0 N–H and O–H groups in total. The summed E-state index contributed by atoms with van der Waals surface area (Å²) >= 11 is 0. The van der Waals surface area contributed by atoms with Gasteiger partial charge in [-0.1, -0.05) is 67.4 Å². The van der Waals surface area contributed by atoms with Crippen LogP contribution in [0.1, 0.15) is 47.2 Å². The highest BCUT2D eigenvalue weighted by Crippen LogP contribution is 2.43. The molecule has 1 saturated carbocycles. The summed E-state index contributed by atoms with van der Waals surface area (Å²) in [4.78, 5) is 13.2. The summed E-state index contributed by atoms with van der Waals surface area (Å²) in [5, 5.41) is 0. The average Bonchev–Trinajstić information content (AvgIpc) is 2.99. The molecule has 1 nitrogen and oxygen atoms in total. The molecule has 3 rings (SSSR count). The quantitative estimate of drug-likeness (QED) is 0.735. The van der Waals surface area contributed by atoms with Gasteiger partial charge in [0.25, 0.3) is 0 Å². The van der Waals surface area contributed by atoms with Crippen LogP contribution in [0.5, 0.6) is 0 Å². The van der Waals surface area contributed by atoms with Gasteiger partial charge < -0.3 is 0 Å². The summed E-state index contributed by atoms with van der Waals surface area (Å²) in [6.45, 7) is 2.03. The molecule has 0 aromatic heterocycles. The molecule has 0 bridgehead atoms. The predicted octanol–water partition coefficient (Wildman–Crippen LogP) is 4.69. The Kier molecular flexibility index (Phi) is 3.43. The van der Waals surface area contributed by atoms with Gasteiger partial charge in [0, 0.05) is 5.56 Å². The number of hydrogen-bond donors (Lipinski definition) is 0. The van der Waals surface area contributed by atoms with E-state index in [2.05, 4.69) is 12.1 Å². The second-order valence-corrected chi connectivity index (χ2v) is 5.80. The molecule has 1 fully saturated rings. The highest BCUT2D eigenvalue weighted by atomic mass is 16.1. The molecule has 20 heavy (non-hydrogen) atoms. The minimum absolute atomic E-state index is 0.298. The van der Waals surface area contributed by atoms with Crippen molar-refractivity contribution in [2.75, 3.05) is 0 Å². The van der Waals surface area contributed by atoms with Crippen molar-refractivity contribution in [1.29, 1.82) is 0 Å². The van der Waals surface area contributed by atoms with Gasteiger partial charge in [0.15, 0.2) is 5.78 Å². The monoisotopic (exact) mass is 264 g/mol. The van der Waals surface area contributed by atoms with Gasteiger partial charge in [0.2, 0.25) is 0 Å². The molecule has 102 valence electrons. The van der Waals surface area contributed by atoms with Crippen molar-refractivity contribution in [2.45, 2.75) is 38.0 Å². The van der Waals surface area contributed by atoms with Crippen LogP contribution in [0.4, 0.5) is 0 Å². The van der Waals surface area contributed by atoms with Gasteiger partial charge in [-0.25, -0.2) is 0 Å². The SMILES string of the molecule is Cc1ccccc1C(=O)C1(c2ccccc2)CCCC1. The maximum Gasteiger partial charge on any atom is 0.173 e. The summed E-state index contributed by atoms with van der Waals surface area (Å²) in [7, 11) is 0. The highest BCUT2D eigenvalue weighted by Gasteiger charge is 2.42. The third-order valence-electron chi connectivity index (χ3n) is 4.61. The van der Waals surface area contributed by atoms with Gasteiger partial charge in [-0.3, -0.25) is 4.79 Å². The van der Waals surface area contributed by atoms with E-state index in [0.29, 0.717) is 5.78 Å². The largest absolute Gasteiger partial charge is 0.293 e. The molecular formula is C19H20O. The minimum atomic E-state index is -0.298. The molecule has 0 heterocycles. The van der Waals surface area contributed by atoms with E-state index in [-0.39, 0.29) is 5.41 Å². The van der Waals surface area contributed by atoms with E-state index < -0.39 is 0 Å². The Morgan fingerprint density at radius 1 is 0.900 bits per heavy atom. The van der Waals surface area contributed by atoms with Crippen molar-refractivity contribution < 1.29 is 4.79 Å². The van der Waals surface area contributed by atoms with Crippen LogP contribution >= 0.6 is 0 Å². The van der Waals surface area contributed by atoms with Crippen LogP contribution < -0.4 is 0 Å². The maximum absolute atomic E-state index is 13.2. The Bertz CT molecular complexity index is 607. The fourth-order valence-corrected chi connectivity index (χ4v) is 3.47. The fourth-order valence-electron chi connectivity index (χ4n) is 3.47. The lowest BCUT2D eigenvalue weighted by atomic mass is 9.72. The van der Waals surface area contributed by atoms with Crippen molar-refractivity contribution in [3.8, 4) is 0 Å². The molecule has 0 saturated heterocycles. The van der Waals surface area contributed by atoms with E-state index in [4.69, 9.17) is 0 Å². The topological polar surface area (TPSA) is 17.1 Å². The Balaban J connectivity index is 2.08. The third kappa shape index (κ3) is 2.07. The van der Waals surface area contributed by atoms with Gasteiger partial charge >= 0.3 is 0 Å². The second kappa shape index (κ2) is 5.24. The Labute approximate surface area is 120 Å². The van der Waals surface area contributed by atoms with Gasteiger partial charge in [-0.05, 0) is 30.9 Å². The van der Waals surface area contributed by atoms with Gasteiger partial charge in [-0.15, -0.1) is 0 Å². The molecule has 1 aliphatic carbocycles. The van der Waals surface area contributed by atoms with Crippen LogP contribution in [0.2, 0.25) is 0 Å². The van der Waals surface area contributed by atoms with Crippen LogP contribution in [0.3, 0.4) is 0 Å². The smallest absolute Gasteiger partial charge is 0.173 e. The molecule has 0 spiro atoms. The zero-order chi connectivity index (χ0) is 14.0. The second-order valence-electron chi connectivity index (χ2n) is 5.80. The number of hydrogen-bond acceptors (Lipinski definition) is 1. The Morgan fingerprint density at radius 3 is 2.15 bits per heavy atom. The molecule has 0 aliphatic heterocycles. The Morgan fingerprint density at radius 2 is 1.50 bits per heavy atom. The van der Waals surface area contributed by atoms with Crippen molar-refractivity contribution in [3.63, 3.8) is 0 Å². The lowest BCUT2D eigenvalue weighted by Gasteiger charge is -2.28. The minimum Gasteiger partial charge on any atom is -0.293 e. The number of aryl methyl sites for hydroxylation is 1. The average molecular weight is 264 g/mol. The molecule has 0 radical (unpaired) electrons. The number of rotatable bonds is 3. The zero-order valence-electron chi connectivity index (χ0n) is 11.9. The highest BCUT2D eigenvalue weighted by molar-refractivity contribution is 6.05. The summed E-state index contributed by atoms with van der Waals surface area (Å²) in [6, 6.07) is 18.3. The first-order valence-corrected chi connectivity index (χ1v) is 7.40. The van der Waals surface area contributed by atoms with E-state index in [1.54, 1.807) is 0 Å². The normalized spacial score (nSPS) is 17.1. The molecule has 2 aromatic rings. The molecular weight excluding hydrogens is 244 g/mol. The third-order valence-corrected chi connectivity index (χ3v) is 4.61. The van der Waals surface area contributed by atoms with Crippen molar-refractivity contribution in [2.24, 2.45) is 0 Å². The maximum atomic E-state index is 13.2. The standard InChI is InChI=1S/C19H20O/c1-15-9-5-6-12-17(15)18(20)19(13-7-8-14-19)16-10-3-2-4-11-16/h2-6,9-12H,7-8,13-14H2,1H3.